The third-order valence-electron chi connectivity index (χ3n) is 4.83. The second-order valence-corrected chi connectivity index (χ2v) is 6.89. The lowest BCUT2D eigenvalue weighted by Gasteiger charge is -2.32. The van der Waals surface area contributed by atoms with Gasteiger partial charge in [-0.05, 0) is 6.92 Å². The summed E-state index contributed by atoms with van der Waals surface area (Å²) in [5, 5.41) is 5.72. The maximum Gasteiger partial charge on any atom is 0.396 e. The Labute approximate surface area is 158 Å². The fourth-order valence-corrected chi connectivity index (χ4v) is 3.54. The van der Waals surface area contributed by atoms with Crippen LogP contribution < -0.4 is 15.5 Å². The molecule has 0 unspecified atom stereocenters. The quantitative estimate of drug-likeness (QED) is 0.802. The van der Waals surface area contributed by atoms with Crippen LogP contribution in [0, 0.1) is 0 Å². The number of nitrogens with zero attached hydrogens (tertiary/aromatic N) is 5. The van der Waals surface area contributed by atoms with Gasteiger partial charge in [0.05, 0.1) is 24.0 Å². The lowest BCUT2D eigenvalue weighted by molar-refractivity contribution is -0.156. The number of carbonyl (C=O) groups is 1. The highest BCUT2D eigenvalue weighted by atomic mass is 19.4. The van der Waals surface area contributed by atoms with Crippen LogP contribution in [-0.2, 0) is 4.79 Å². The van der Waals surface area contributed by atoms with Gasteiger partial charge in [0.25, 0.3) is 0 Å². The minimum Gasteiger partial charge on any atom is -0.352 e. The Bertz CT molecular complexity index is 905. The molecule has 1 saturated heterocycles. The number of hydrogen-bond acceptors (Lipinski definition) is 7. The number of carbonyl (C=O) groups excluding carboxylic acids is 1. The zero-order valence-electron chi connectivity index (χ0n) is 15.0. The number of halogens is 3. The predicted octanol–water partition coefficient (Wildman–Crippen LogP) is 1.72. The first-order chi connectivity index (χ1) is 13.3. The maximum atomic E-state index is 13.6. The molecule has 4 rings (SSSR count). The highest BCUT2D eigenvalue weighted by molar-refractivity contribution is 5.95. The molecule has 0 bridgehead atoms. The van der Waals surface area contributed by atoms with Gasteiger partial charge < -0.3 is 15.5 Å². The van der Waals surface area contributed by atoms with Crippen molar-refractivity contribution >= 4 is 17.5 Å². The van der Waals surface area contributed by atoms with Crippen molar-refractivity contribution in [3.8, 4) is 11.4 Å². The van der Waals surface area contributed by atoms with Gasteiger partial charge in [-0.1, -0.05) is 0 Å². The van der Waals surface area contributed by atoms with Gasteiger partial charge in [0.1, 0.15) is 23.7 Å². The normalized spacial score (nSPS) is 22.6. The number of aromatic nitrogens is 4. The minimum atomic E-state index is -4.61. The minimum absolute atomic E-state index is 0.0323. The molecule has 148 valence electrons. The number of anilines is 2. The molecule has 8 nitrogen and oxygen atoms in total. The Morgan fingerprint density at radius 2 is 2.07 bits per heavy atom. The molecular formula is C17H18F3N7O. The molecule has 2 aliphatic rings. The van der Waals surface area contributed by atoms with E-state index >= 15 is 0 Å². The van der Waals surface area contributed by atoms with Gasteiger partial charge in [0.2, 0.25) is 5.91 Å². The number of piperazine rings is 1. The lowest BCUT2D eigenvalue weighted by Crippen LogP contribution is -2.49. The van der Waals surface area contributed by atoms with E-state index in [1.807, 2.05) is 11.8 Å². The Balaban J connectivity index is 1.78. The van der Waals surface area contributed by atoms with Crippen molar-refractivity contribution in [1.82, 2.24) is 25.3 Å². The fraction of sp³-hybridized carbons (Fsp3) is 0.471. The zero-order valence-corrected chi connectivity index (χ0v) is 15.0. The van der Waals surface area contributed by atoms with E-state index in [1.165, 1.54) is 6.20 Å². The standard InChI is InChI=1S/C17H18F3N7O/c1-9-7-27(3-2-22-9)12-6-21-5-11(25-12)15-14-10(17(18,19)20)4-13(28)26-16(14)24-8-23-15/h5-6,8-10,22H,2-4,7H2,1H3,(H,23,24,26,28)/t9-,10+/m0/s1. The smallest absolute Gasteiger partial charge is 0.352 e. The van der Waals surface area contributed by atoms with Gasteiger partial charge >= 0.3 is 6.18 Å². The van der Waals surface area contributed by atoms with E-state index in [0.717, 1.165) is 12.9 Å². The average Bonchev–Trinajstić information content (AvgIpc) is 2.66. The molecule has 28 heavy (non-hydrogen) atoms. The molecule has 2 atom stereocenters. The number of amides is 1. The van der Waals surface area contributed by atoms with E-state index in [9.17, 15) is 18.0 Å². The lowest BCUT2D eigenvalue weighted by atomic mass is 9.90. The molecule has 1 amide bonds. The van der Waals surface area contributed by atoms with Gasteiger partial charge in [0, 0.05) is 37.7 Å². The van der Waals surface area contributed by atoms with Crippen molar-refractivity contribution in [2.45, 2.75) is 31.5 Å². The molecule has 2 aromatic rings. The van der Waals surface area contributed by atoms with Crippen LogP contribution in [0.2, 0.25) is 0 Å². The molecule has 0 spiro atoms. The molecule has 0 saturated carbocycles. The van der Waals surface area contributed by atoms with Gasteiger partial charge in [0.15, 0.2) is 0 Å². The van der Waals surface area contributed by atoms with E-state index in [4.69, 9.17) is 0 Å². The Hall–Kier alpha value is -2.82. The van der Waals surface area contributed by atoms with E-state index in [-0.39, 0.29) is 28.8 Å². The molecule has 11 heteroatoms. The molecular weight excluding hydrogens is 375 g/mol. The Morgan fingerprint density at radius 3 is 2.82 bits per heavy atom. The third-order valence-corrected chi connectivity index (χ3v) is 4.83. The SMILES string of the molecule is C[C@H]1CN(c2cncc(-c3ncnc4c3[C@H](C(F)(F)F)CC(=O)N4)n2)CCN1. The van der Waals surface area contributed by atoms with Crippen LogP contribution >= 0.6 is 0 Å². The third kappa shape index (κ3) is 3.49. The molecule has 2 aromatic heterocycles. The molecule has 0 aromatic carbocycles. The fourth-order valence-electron chi connectivity index (χ4n) is 3.54. The van der Waals surface area contributed by atoms with Gasteiger partial charge in [-0.25, -0.2) is 15.0 Å². The first-order valence-corrected chi connectivity index (χ1v) is 8.85. The van der Waals surface area contributed by atoms with Crippen molar-refractivity contribution in [2.75, 3.05) is 29.9 Å². The molecule has 0 radical (unpaired) electrons. The van der Waals surface area contributed by atoms with Crippen molar-refractivity contribution in [3.63, 3.8) is 0 Å². The van der Waals surface area contributed by atoms with Crippen LogP contribution in [-0.4, -0.2) is 57.7 Å². The van der Waals surface area contributed by atoms with Crippen LogP contribution in [0.1, 0.15) is 24.8 Å². The van der Waals surface area contributed by atoms with E-state index in [2.05, 4.69) is 30.6 Å². The summed E-state index contributed by atoms with van der Waals surface area (Å²) in [6, 6.07) is 0.260. The number of hydrogen-bond donors (Lipinski definition) is 2. The van der Waals surface area contributed by atoms with E-state index in [1.54, 1.807) is 6.20 Å². The van der Waals surface area contributed by atoms with Crippen LogP contribution in [0.25, 0.3) is 11.4 Å². The van der Waals surface area contributed by atoms with Gasteiger partial charge in [-0.3, -0.25) is 9.78 Å². The summed E-state index contributed by atoms with van der Waals surface area (Å²) in [4.78, 5) is 30.3. The number of rotatable bonds is 2. The van der Waals surface area contributed by atoms with Crippen molar-refractivity contribution in [2.24, 2.45) is 0 Å². The van der Waals surface area contributed by atoms with Crippen LogP contribution in [0.3, 0.4) is 0 Å². The summed E-state index contributed by atoms with van der Waals surface area (Å²) in [5.74, 6) is -2.28. The first-order valence-electron chi connectivity index (χ1n) is 8.85. The number of alkyl halides is 3. The summed E-state index contributed by atoms with van der Waals surface area (Å²) >= 11 is 0. The Kier molecular flexibility index (Phi) is 4.61. The second-order valence-electron chi connectivity index (χ2n) is 6.89. The summed E-state index contributed by atoms with van der Waals surface area (Å²) in [7, 11) is 0. The molecule has 0 aliphatic carbocycles. The number of nitrogens with one attached hydrogen (secondary N) is 2. The highest BCUT2D eigenvalue weighted by Gasteiger charge is 2.47. The average molecular weight is 393 g/mol. The van der Waals surface area contributed by atoms with Crippen LogP contribution in [0.5, 0.6) is 0 Å². The summed E-state index contributed by atoms with van der Waals surface area (Å²) < 4.78 is 40.8. The van der Waals surface area contributed by atoms with Crippen molar-refractivity contribution < 1.29 is 18.0 Å². The zero-order chi connectivity index (χ0) is 19.9. The first kappa shape index (κ1) is 18.5. The maximum absolute atomic E-state index is 13.6. The van der Waals surface area contributed by atoms with E-state index < -0.39 is 24.4 Å². The highest BCUT2D eigenvalue weighted by Crippen LogP contribution is 2.45. The van der Waals surface area contributed by atoms with Gasteiger partial charge in [-0.2, -0.15) is 13.2 Å². The van der Waals surface area contributed by atoms with Gasteiger partial charge in [-0.15, -0.1) is 0 Å². The summed E-state index contributed by atoms with van der Waals surface area (Å²) in [6.45, 7) is 4.24. The molecule has 4 heterocycles. The van der Waals surface area contributed by atoms with Crippen molar-refractivity contribution in [1.29, 1.82) is 0 Å². The molecule has 2 N–H and O–H groups in total. The number of fused-ring (bicyclic) bond motifs is 1. The van der Waals surface area contributed by atoms with Crippen LogP contribution in [0.4, 0.5) is 24.8 Å². The monoisotopic (exact) mass is 393 g/mol. The van der Waals surface area contributed by atoms with Crippen LogP contribution in [0.15, 0.2) is 18.7 Å². The second kappa shape index (κ2) is 6.97. The topological polar surface area (TPSA) is 95.9 Å². The summed E-state index contributed by atoms with van der Waals surface area (Å²) in [5.41, 5.74) is 0.0762. The molecule has 1 fully saturated rings. The van der Waals surface area contributed by atoms with E-state index in [0.29, 0.717) is 18.9 Å². The summed E-state index contributed by atoms with van der Waals surface area (Å²) in [6.07, 6.45) is -1.24. The Morgan fingerprint density at radius 1 is 1.25 bits per heavy atom. The largest absolute Gasteiger partial charge is 0.396 e. The predicted molar refractivity (Wildman–Crippen MR) is 94.8 cm³/mol. The van der Waals surface area contributed by atoms with Crippen molar-refractivity contribution in [3.05, 3.63) is 24.3 Å². The molecule has 2 aliphatic heterocycles.